The fourth-order valence-corrected chi connectivity index (χ4v) is 8.77. The van der Waals surface area contributed by atoms with E-state index in [9.17, 15) is 24.6 Å². The first-order valence-corrected chi connectivity index (χ1v) is 18.8. The van der Waals surface area contributed by atoms with E-state index in [0.29, 0.717) is 19.6 Å². The first-order chi connectivity index (χ1) is 27.2. The van der Waals surface area contributed by atoms with E-state index in [1.165, 1.54) is 10.9 Å². The SMILES string of the molecule is CC1(C)/C(=C/C=C/C=C/c2n(CCOC=O)c3c4ccccc4c4ccccc4c3[n+]2CCC(=O)O)N(CCC(=O)O)c2c1c1ccccc1c1ccccc21. The van der Waals surface area contributed by atoms with Crippen molar-refractivity contribution < 1.29 is 33.9 Å². The Hall–Kier alpha value is -6.74. The maximum Gasteiger partial charge on any atom is 0.307 e. The molecule has 2 N–H and O–H groups in total. The molecule has 0 saturated carbocycles. The number of nitrogens with zero attached hydrogens (tertiary/aromatic N) is 3. The molecule has 6 aromatic carbocycles. The molecular weight excluding hydrogens is 703 g/mol. The molecule has 0 bridgehead atoms. The molecule has 2 heterocycles. The van der Waals surface area contributed by atoms with E-state index in [1.54, 1.807) is 0 Å². The predicted molar refractivity (Wildman–Crippen MR) is 222 cm³/mol. The summed E-state index contributed by atoms with van der Waals surface area (Å²) in [6.07, 6.45) is 9.80. The number of hydrogen-bond acceptors (Lipinski definition) is 5. The van der Waals surface area contributed by atoms with Gasteiger partial charge in [0.2, 0.25) is 0 Å². The van der Waals surface area contributed by atoms with Crippen molar-refractivity contribution in [2.45, 2.75) is 45.2 Å². The van der Waals surface area contributed by atoms with E-state index in [-0.39, 0.29) is 26.0 Å². The average molecular weight is 745 g/mol. The van der Waals surface area contributed by atoms with Gasteiger partial charge in [-0.1, -0.05) is 117 Å². The van der Waals surface area contributed by atoms with Crippen LogP contribution in [0.1, 0.15) is 38.1 Å². The largest absolute Gasteiger partial charge is 0.481 e. The number of aliphatic carboxylic acids is 2. The van der Waals surface area contributed by atoms with Crippen molar-refractivity contribution >= 4 is 84.3 Å². The van der Waals surface area contributed by atoms with Crippen molar-refractivity contribution in [3.8, 4) is 0 Å². The number of benzene rings is 6. The van der Waals surface area contributed by atoms with Crippen LogP contribution in [0.15, 0.2) is 127 Å². The van der Waals surface area contributed by atoms with E-state index >= 15 is 0 Å². The third-order valence-electron chi connectivity index (χ3n) is 11.0. The third-order valence-corrected chi connectivity index (χ3v) is 11.0. The molecule has 0 unspecified atom stereocenters. The summed E-state index contributed by atoms with van der Waals surface area (Å²) < 4.78 is 9.37. The normalized spacial score (nSPS) is 14.7. The maximum atomic E-state index is 12.0. The molecule has 56 heavy (non-hydrogen) atoms. The molecule has 9 nitrogen and oxygen atoms in total. The van der Waals surface area contributed by atoms with Gasteiger partial charge in [0.15, 0.2) is 11.0 Å². The quantitative estimate of drug-likeness (QED) is 0.0399. The van der Waals surface area contributed by atoms with Gasteiger partial charge in [-0.15, -0.1) is 0 Å². The summed E-state index contributed by atoms with van der Waals surface area (Å²) in [7, 11) is 0. The molecule has 0 aliphatic carbocycles. The van der Waals surface area contributed by atoms with Gasteiger partial charge in [0, 0.05) is 39.9 Å². The van der Waals surface area contributed by atoms with Crippen molar-refractivity contribution in [1.82, 2.24) is 4.57 Å². The minimum Gasteiger partial charge on any atom is -0.481 e. The van der Waals surface area contributed by atoms with Crippen molar-refractivity contribution in [2.75, 3.05) is 18.1 Å². The van der Waals surface area contributed by atoms with Crippen LogP contribution >= 0.6 is 0 Å². The van der Waals surface area contributed by atoms with Gasteiger partial charge in [0.1, 0.15) is 19.7 Å². The number of aromatic nitrogens is 2. The van der Waals surface area contributed by atoms with E-state index in [0.717, 1.165) is 65.9 Å². The Morgan fingerprint density at radius 1 is 0.696 bits per heavy atom. The van der Waals surface area contributed by atoms with E-state index in [4.69, 9.17) is 4.74 Å². The van der Waals surface area contributed by atoms with Crippen molar-refractivity contribution in [1.29, 1.82) is 0 Å². The van der Waals surface area contributed by atoms with Gasteiger partial charge in [0.05, 0.1) is 18.5 Å². The number of carboxylic acids is 2. The summed E-state index contributed by atoms with van der Waals surface area (Å²) in [6.45, 7) is 5.89. The summed E-state index contributed by atoms with van der Waals surface area (Å²) in [5.41, 5.74) is 4.61. The molecule has 0 saturated heterocycles. The molecule has 9 heteroatoms. The Balaban J connectivity index is 1.27. The first kappa shape index (κ1) is 36.2. The van der Waals surface area contributed by atoms with Crippen LogP contribution in [0.3, 0.4) is 0 Å². The number of carboxylic acid groups (broad SMARTS) is 2. The Bertz CT molecular complexity index is 2810. The molecule has 0 radical (unpaired) electrons. The molecule has 280 valence electrons. The first-order valence-electron chi connectivity index (χ1n) is 18.8. The molecular formula is C47H42N3O6+. The van der Waals surface area contributed by atoms with Crippen molar-refractivity contribution in [2.24, 2.45) is 0 Å². The number of anilines is 1. The fourth-order valence-electron chi connectivity index (χ4n) is 8.77. The molecule has 0 amide bonds. The lowest BCUT2D eigenvalue weighted by Crippen LogP contribution is -2.38. The molecule has 1 aliphatic heterocycles. The van der Waals surface area contributed by atoms with Gasteiger partial charge in [-0.3, -0.25) is 14.4 Å². The second-order valence-corrected chi connectivity index (χ2v) is 14.6. The molecule has 7 aromatic rings. The lowest BCUT2D eigenvalue weighted by Gasteiger charge is -2.26. The van der Waals surface area contributed by atoms with Crippen molar-refractivity contribution in [3.63, 3.8) is 0 Å². The van der Waals surface area contributed by atoms with Crippen LogP contribution in [0.5, 0.6) is 0 Å². The number of hydrogen-bond donors (Lipinski definition) is 2. The lowest BCUT2D eigenvalue weighted by molar-refractivity contribution is -0.672. The van der Waals surface area contributed by atoms with E-state index < -0.39 is 17.4 Å². The van der Waals surface area contributed by atoms with Gasteiger partial charge >= 0.3 is 11.9 Å². The number of carbonyl (C=O) groups is 3. The summed E-state index contributed by atoms with van der Waals surface area (Å²) in [5.74, 6) is -0.989. The summed E-state index contributed by atoms with van der Waals surface area (Å²) >= 11 is 0. The standard InChI is InChI=1S/C47H41N3O6/c1-47(2)39(48(26-24-41(52)53)44-36-19-11-7-15-32(36)31-14-6-10-18-35(31)43(44)47)22-4-3-5-23-40-49(27-25-42(54)55)45-37-20-12-8-16-33(37)34-17-9-13-21-38(34)46(45)50(40)28-29-56-30-51/h3-23,30H,24-29H2,1-2H3,(H-,52,53,54,55)/p+1. The lowest BCUT2D eigenvalue weighted by atomic mass is 9.80. The van der Waals surface area contributed by atoms with E-state index in [1.807, 2.05) is 60.7 Å². The van der Waals surface area contributed by atoms with Crippen LogP contribution in [-0.2, 0) is 37.6 Å². The third kappa shape index (κ3) is 6.15. The van der Waals surface area contributed by atoms with Crippen molar-refractivity contribution in [3.05, 3.63) is 138 Å². The molecule has 0 spiro atoms. The zero-order valence-corrected chi connectivity index (χ0v) is 31.3. The van der Waals surface area contributed by atoms with Crippen LogP contribution in [0.2, 0.25) is 0 Å². The zero-order valence-electron chi connectivity index (χ0n) is 31.3. The van der Waals surface area contributed by atoms with Crippen LogP contribution in [0.25, 0.3) is 60.2 Å². The number of fused-ring (bicyclic) bond motifs is 12. The molecule has 1 aliphatic rings. The molecule has 8 rings (SSSR count). The number of carbonyl (C=O) groups excluding carboxylic acids is 1. The zero-order chi connectivity index (χ0) is 39.0. The van der Waals surface area contributed by atoms with Crippen LogP contribution in [0.4, 0.5) is 5.69 Å². The van der Waals surface area contributed by atoms with Gasteiger partial charge in [0.25, 0.3) is 12.3 Å². The minimum absolute atomic E-state index is 0.0181. The van der Waals surface area contributed by atoms with Gasteiger partial charge in [-0.25, -0.2) is 9.13 Å². The predicted octanol–water partition coefficient (Wildman–Crippen LogP) is 8.92. The average Bonchev–Trinajstić information content (AvgIpc) is 3.63. The second-order valence-electron chi connectivity index (χ2n) is 14.6. The Labute approximate surface area is 323 Å². The number of rotatable bonds is 13. The highest BCUT2D eigenvalue weighted by Crippen LogP contribution is 2.54. The van der Waals surface area contributed by atoms with Gasteiger partial charge < -0.3 is 19.8 Å². The van der Waals surface area contributed by atoms with Crippen LogP contribution in [0, 0.1) is 0 Å². The smallest absolute Gasteiger partial charge is 0.307 e. The summed E-state index contributed by atoms with van der Waals surface area (Å²) in [4.78, 5) is 37.3. The fraction of sp³-hybridized carbons (Fsp3) is 0.191. The highest BCUT2D eigenvalue weighted by molar-refractivity contribution is 6.22. The number of ether oxygens (including phenoxy) is 1. The van der Waals surface area contributed by atoms with Gasteiger partial charge in [-0.05, 0) is 50.7 Å². The summed E-state index contributed by atoms with van der Waals surface area (Å²) in [6, 6.07) is 33.1. The number of aryl methyl sites for hydroxylation is 1. The Morgan fingerprint density at radius 2 is 1.25 bits per heavy atom. The highest BCUT2D eigenvalue weighted by Gasteiger charge is 2.42. The maximum absolute atomic E-state index is 12.0. The Kier molecular flexibility index (Phi) is 9.60. The monoisotopic (exact) mass is 744 g/mol. The molecule has 0 atom stereocenters. The summed E-state index contributed by atoms with van der Waals surface area (Å²) in [5, 5.41) is 28.3. The van der Waals surface area contributed by atoms with E-state index in [2.05, 4.69) is 94.6 Å². The highest BCUT2D eigenvalue weighted by atomic mass is 16.5. The van der Waals surface area contributed by atoms with Crippen LogP contribution in [-0.4, -0.2) is 46.3 Å². The molecule has 1 aromatic heterocycles. The second kappa shape index (κ2) is 14.8. The number of imidazole rings is 1. The topological polar surface area (TPSA) is 113 Å². The number of allylic oxidation sites excluding steroid dienone is 5. The van der Waals surface area contributed by atoms with Gasteiger partial charge in [-0.2, -0.15) is 0 Å². The Morgan fingerprint density at radius 3 is 1.89 bits per heavy atom. The minimum atomic E-state index is -0.901. The van der Waals surface area contributed by atoms with Crippen LogP contribution < -0.4 is 9.47 Å². The molecule has 0 fully saturated rings.